The lowest BCUT2D eigenvalue weighted by Crippen LogP contribution is -2.32. The molecule has 0 unspecified atom stereocenters. The summed E-state index contributed by atoms with van der Waals surface area (Å²) < 4.78 is 5.47. The Bertz CT molecular complexity index is 408. The Morgan fingerprint density at radius 2 is 2.40 bits per heavy atom. The molecule has 0 fully saturated rings. The van der Waals surface area contributed by atoms with Crippen LogP contribution < -0.4 is 9.64 Å². The van der Waals surface area contributed by atoms with Crippen molar-refractivity contribution < 1.29 is 9.53 Å². The number of hydrogen-bond donors (Lipinski definition) is 0. The van der Waals surface area contributed by atoms with Gasteiger partial charge in [0.15, 0.2) is 11.6 Å². The summed E-state index contributed by atoms with van der Waals surface area (Å²) in [6, 6.07) is 1.67. The lowest BCUT2D eigenvalue weighted by atomic mass is 10.2. The van der Waals surface area contributed by atoms with E-state index in [0.29, 0.717) is 23.2 Å². The Hall–Kier alpha value is -1.29. The molecule has 15 heavy (non-hydrogen) atoms. The molecular formula is C10H11ClN2O2. The third kappa shape index (κ3) is 1.77. The van der Waals surface area contributed by atoms with E-state index in [1.54, 1.807) is 13.1 Å². The van der Waals surface area contributed by atoms with Crippen LogP contribution in [0.15, 0.2) is 12.3 Å². The first-order valence-corrected chi connectivity index (χ1v) is 5.03. The summed E-state index contributed by atoms with van der Waals surface area (Å²) in [5, 5.41) is 0.504. The van der Waals surface area contributed by atoms with E-state index in [-0.39, 0.29) is 11.8 Å². The van der Waals surface area contributed by atoms with Crippen LogP contribution in [0.25, 0.3) is 0 Å². The number of ether oxygens (including phenoxy) is 1. The molecular weight excluding hydrogens is 216 g/mol. The van der Waals surface area contributed by atoms with Crippen LogP contribution in [-0.2, 0) is 4.79 Å². The molecule has 1 aromatic heterocycles. The van der Waals surface area contributed by atoms with E-state index in [2.05, 4.69) is 4.98 Å². The van der Waals surface area contributed by atoms with Crippen molar-refractivity contribution in [1.82, 2.24) is 4.98 Å². The number of nitrogens with zero attached hydrogens (tertiary/aromatic N) is 2. The normalized spacial score (nSPS) is 20.6. The van der Waals surface area contributed by atoms with Gasteiger partial charge in [0.2, 0.25) is 5.91 Å². The number of anilines is 1. The topological polar surface area (TPSA) is 42.4 Å². The van der Waals surface area contributed by atoms with Gasteiger partial charge in [-0.25, -0.2) is 4.98 Å². The summed E-state index contributed by atoms with van der Waals surface area (Å²) in [7, 11) is 1.69. The van der Waals surface area contributed by atoms with Crippen LogP contribution >= 0.6 is 11.6 Å². The van der Waals surface area contributed by atoms with E-state index < -0.39 is 0 Å². The highest BCUT2D eigenvalue weighted by molar-refractivity contribution is 6.30. The van der Waals surface area contributed by atoms with Crippen molar-refractivity contribution in [1.29, 1.82) is 0 Å². The Labute approximate surface area is 92.8 Å². The highest BCUT2D eigenvalue weighted by Gasteiger charge is 2.26. The Balaban J connectivity index is 2.47. The fourth-order valence-electron chi connectivity index (χ4n) is 1.49. The van der Waals surface area contributed by atoms with Gasteiger partial charge in [0, 0.05) is 19.3 Å². The van der Waals surface area contributed by atoms with Gasteiger partial charge in [-0.1, -0.05) is 18.5 Å². The highest BCUT2D eigenvalue weighted by atomic mass is 35.5. The fourth-order valence-corrected chi connectivity index (χ4v) is 1.64. The summed E-state index contributed by atoms with van der Waals surface area (Å²) in [5.74, 6) is 0.919. The Kier molecular flexibility index (Phi) is 2.52. The summed E-state index contributed by atoms with van der Waals surface area (Å²) in [6.07, 6.45) is 1.50. The summed E-state index contributed by atoms with van der Waals surface area (Å²) in [4.78, 5) is 17.4. The molecule has 0 aromatic carbocycles. The van der Waals surface area contributed by atoms with Crippen molar-refractivity contribution in [3.63, 3.8) is 0 Å². The molecule has 4 nitrogen and oxygen atoms in total. The van der Waals surface area contributed by atoms with E-state index >= 15 is 0 Å². The van der Waals surface area contributed by atoms with Crippen molar-refractivity contribution in [2.75, 3.05) is 18.6 Å². The Morgan fingerprint density at radius 1 is 1.67 bits per heavy atom. The van der Waals surface area contributed by atoms with E-state index in [1.165, 1.54) is 11.1 Å². The largest absolute Gasteiger partial charge is 0.489 e. The Morgan fingerprint density at radius 3 is 3.13 bits per heavy atom. The lowest BCUT2D eigenvalue weighted by molar-refractivity contribution is -0.122. The maximum Gasteiger partial charge on any atom is 0.234 e. The van der Waals surface area contributed by atoms with Crippen molar-refractivity contribution >= 4 is 23.3 Å². The van der Waals surface area contributed by atoms with Crippen LogP contribution in [0, 0.1) is 5.92 Å². The molecule has 1 atom stereocenters. The SMILES string of the molecule is C[C@H]1COc2cc(Cl)cnc2N(C)C1=O. The third-order valence-electron chi connectivity index (χ3n) is 2.36. The van der Waals surface area contributed by atoms with Crippen molar-refractivity contribution in [2.24, 2.45) is 5.92 Å². The smallest absolute Gasteiger partial charge is 0.234 e. The van der Waals surface area contributed by atoms with Gasteiger partial charge in [-0.05, 0) is 0 Å². The first-order chi connectivity index (χ1) is 7.09. The van der Waals surface area contributed by atoms with Gasteiger partial charge in [-0.15, -0.1) is 0 Å². The van der Waals surface area contributed by atoms with Gasteiger partial charge in [-0.3, -0.25) is 9.69 Å². The van der Waals surface area contributed by atoms with Crippen LogP contribution in [0.2, 0.25) is 5.02 Å². The molecule has 1 amide bonds. The van der Waals surface area contributed by atoms with Crippen LogP contribution in [0.5, 0.6) is 5.75 Å². The molecule has 80 valence electrons. The lowest BCUT2D eigenvalue weighted by Gasteiger charge is -2.16. The quantitative estimate of drug-likeness (QED) is 0.677. The number of aromatic nitrogens is 1. The number of amides is 1. The minimum absolute atomic E-state index is 0.00331. The van der Waals surface area contributed by atoms with E-state index in [9.17, 15) is 4.79 Å². The standard InChI is InChI=1S/C10H11ClN2O2/c1-6-5-15-8-3-7(11)4-12-9(8)13(2)10(6)14/h3-4,6H,5H2,1-2H3/t6-/m0/s1. The van der Waals surface area contributed by atoms with Crippen molar-refractivity contribution in [3.8, 4) is 5.75 Å². The van der Waals surface area contributed by atoms with Gasteiger partial charge >= 0.3 is 0 Å². The zero-order valence-corrected chi connectivity index (χ0v) is 9.28. The van der Waals surface area contributed by atoms with Crippen molar-refractivity contribution in [3.05, 3.63) is 17.3 Å². The third-order valence-corrected chi connectivity index (χ3v) is 2.56. The van der Waals surface area contributed by atoms with E-state index in [1.807, 2.05) is 6.92 Å². The zero-order chi connectivity index (χ0) is 11.0. The minimum atomic E-state index is -0.164. The number of pyridine rings is 1. The summed E-state index contributed by atoms with van der Waals surface area (Å²) >= 11 is 5.80. The maximum absolute atomic E-state index is 11.8. The second-order valence-corrected chi connectivity index (χ2v) is 4.02. The first-order valence-electron chi connectivity index (χ1n) is 4.65. The molecule has 0 saturated carbocycles. The number of fused-ring (bicyclic) bond motifs is 1. The predicted molar refractivity (Wildman–Crippen MR) is 57.3 cm³/mol. The van der Waals surface area contributed by atoms with Crippen LogP contribution in [-0.4, -0.2) is 24.5 Å². The highest BCUT2D eigenvalue weighted by Crippen LogP contribution is 2.31. The predicted octanol–water partition coefficient (Wildman–Crippen LogP) is 1.73. The zero-order valence-electron chi connectivity index (χ0n) is 8.53. The van der Waals surface area contributed by atoms with Crippen LogP contribution in [0.4, 0.5) is 5.82 Å². The molecule has 0 saturated heterocycles. The molecule has 1 aliphatic heterocycles. The molecule has 1 aromatic rings. The van der Waals surface area contributed by atoms with Gasteiger partial charge in [-0.2, -0.15) is 0 Å². The molecule has 0 bridgehead atoms. The number of halogens is 1. The van der Waals surface area contributed by atoms with Crippen LogP contribution in [0.1, 0.15) is 6.92 Å². The first kappa shape index (κ1) is 10.2. The molecule has 0 N–H and O–H groups in total. The number of carbonyl (C=O) groups is 1. The number of carbonyl (C=O) groups excluding carboxylic acids is 1. The minimum Gasteiger partial charge on any atom is -0.489 e. The summed E-state index contributed by atoms with van der Waals surface area (Å²) in [5.41, 5.74) is 0. The van der Waals surface area contributed by atoms with E-state index in [0.717, 1.165) is 0 Å². The molecule has 0 aliphatic carbocycles. The average molecular weight is 227 g/mol. The molecule has 0 spiro atoms. The maximum atomic E-state index is 11.8. The molecule has 5 heteroatoms. The monoisotopic (exact) mass is 226 g/mol. The summed E-state index contributed by atoms with van der Waals surface area (Å²) in [6.45, 7) is 2.19. The van der Waals surface area contributed by atoms with Gasteiger partial charge < -0.3 is 4.74 Å². The average Bonchev–Trinajstić information content (AvgIpc) is 2.32. The molecule has 1 aliphatic rings. The fraction of sp³-hybridized carbons (Fsp3) is 0.400. The second kappa shape index (κ2) is 3.70. The van der Waals surface area contributed by atoms with Gasteiger partial charge in [0.1, 0.15) is 0 Å². The van der Waals surface area contributed by atoms with Crippen molar-refractivity contribution in [2.45, 2.75) is 6.92 Å². The van der Waals surface area contributed by atoms with Gasteiger partial charge in [0.25, 0.3) is 0 Å². The molecule has 0 radical (unpaired) electrons. The molecule has 2 rings (SSSR count). The number of rotatable bonds is 0. The van der Waals surface area contributed by atoms with E-state index in [4.69, 9.17) is 16.3 Å². The van der Waals surface area contributed by atoms with Crippen LogP contribution in [0.3, 0.4) is 0 Å². The molecule has 2 heterocycles. The second-order valence-electron chi connectivity index (χ2n) is 3.58. The number of hydrogen-bond acceptors (Lipinski definition) is 3. The van der Waals surface area contributed by atoms with Gasteiger partial charge in [0.05, 0.1) is 17.5 Å².